The molecule has 1 N–H and O–H groups in total. The highest BCUT2D eigenvalue weighted by atomic mass is 16.6. The van der Waals surface area contributed by atoms with Crippen molar-refractivity contribution in [2.45, 2.75) is 26.4 Å². The molecule has 0 unspecified atom stereocenters. The van der Waals surface area contributed by atoms with Gasteiger partial charge >= 0.3 is 6.09 Å². The molecule has 1 aliphatic heterocycles. The van der Waals surface area contributed by atoms with Gasteiger partial charge in [0.1, 0.15) is 23.4 Å². The number of carbonyl (C=O) groups is 1. The lowest BCUT2D eigenvalue weighted by atomic mass is 10.1. The topological polar surface area (TPSA) is 87.2 Å². The van der Waals surface area contributed by atoms with E-state index in [-0.39, 0.29) is 6.09 Å². The highest BCUT2D eigenvalue weighted by Gasteiger charge is 2.27. The van der Waals surface area contributed by atoms with E-state index in [0.29, 0.717) is 26.2 Å². The zero-order valence-corrected chi connectivity index (χ0v) is 16.3. The van der Waals surface area contributed by atoms with E-state index in [9.17, 15) is 4.79 Å². The first-order valence-electron chi connectivity index (χ1n) is 9.39. The van der Waals surface area contributed by atoms with E-state index in [0.717, 1.165) is 28.1 Å². The second-order valence-electron chi connectivity index (χ2n) is 7.79. The van der Waals surface area contributed by atoms with Gasteiger partial charge < -0.3 is 19.5 Å². The number of hydrogen-bond acceptors (Lipinski definition) is 6. The molecular weight excluding hydrogens is 356 g/mol. The molecule has 0 bridgehead atoms. The Balaban J connectivity index is 1.58. The minimum Gasteiger partial charge on any atom is -0.444 e. The van der Waals surface area contributed by atoms with Crippen LogP contribution >= 0.6 is 0 Å². The van der Waals surface area contributed by atoms with Gasteiger partial charge in [-0.3, -0.25) is 4.98 Å². The zero-order valence-electron chi connectivity index (χ0n) is 16.3. The van der Waals surface area contributed by atoms with E-state index in [1.165, 1.54) is 0 Å². The molecule has 0 saturated carbocycles. The van der Waals surface area contributed by atoms with Crippen LogP contribution < -0.4 is 4.90 Å². The fourth-order valence-electron chi connectivity index (χ4n) is 3.34. The van der Waals surface area contributed by atoms with Gasteiger partial charge in [-0.05, 0) is 32.9 Å². The number of H-pyrrole nitrogens is 1. The van der Waals surface area contributed by atoms with Crippen LogP contribution in [0.4, 0.5) is 10.6 Å². The number of rotatable bonds is 2. The Labute approximate surface area is 163 Å². The summed E-state index contributed by atoms with van der Waals surface area (Å²) in [6, 6.07) is 5.83. The summed E-state index contributed by atoms with van der Waals surface area (Å²) in [5, 5.41) is 0.951. The van der Waals surface area contributed by atoms with Crippen LogP contribution in [0.15, 0.2) is 36.9 Å². The van der Waals surface area contributed by atoms with Crippen LogP contribution in [0.1, 0.15) is 20.8 Å². The first-order valence-corrected chi connectivity index (χ1v) is 9.39. The van der Waals surface area contributed by atoms with E-state index in [4.69, 9.17) is 4.74 Å². The number of nitrogens with one attached hydrogen (secondary N) is 1. The number of pyridine rings is 1. The summed E-state index contributed by atoms with van der Waals surface area (Å²) < 4.78 is 5.48. The van der Waals surface area contributed by atoms with E-state index in [1.807, 2.05) is 45.2 Å². The van der Waals surface area contributed by atoms with Crippen LogP contribution in [0.3, 0.4) is 0 Å². The van der Waals surface area contributed by atoms with E-state index in [1.54, 1.807) is 17.4 Å². The average Bonchev–Trinajstić information content (AvgIpc) is 3.12. The summed E-state index contributed by atoms with van der Waals surface area (Å²) in [6.45, 7) is 8.17. The molecule has 0 spiro atoms. The summed E-state index contributed by atoms with van der Waals surface area (Å²) in [5.41, 5.74) is 2.13. The summed E-state index contributed by atoms with van der Waals surface area (Å²) in [6.07, 6.45) is 4.99. The largest absolute Gasteiger partial charge is 0.444 e. The van der Waals surface area contributed by atoms with Gasteiger partial charge in [-0.2, -0.15) is 0 Å². The van der Waals surface area contributed by atoms with Crippen LogP contribution in [-0.2, 0) is 4.74 Å². The molecule has 0 aliphatic carbocycles. The van der Waals surface area contributed by atoms with Crippen LogP contribution in [0.2, 0.25) is 0 Å². The number of nitrogens with zero attached hydrogens (tertiary/aromatic N) is 5. The highest BCUT2D eigenvalue weighted by molar-refractivity contribution is 6.00. The van der Waals surface area contributed by atoms with E-state index >= 15 is 0 Å². The predicted octanol–water partition coefficient (Wildman–Crippen LogP) is 3.08. The van der Waals surface area contributed by atoms with Crippen molar-refractivity contribution in [3.63, 3.8) is 0 Å². The molecule has 4 heterocycles. The molecule has 3 aromatic heterocycles. The van der Waals surface area contributed by atoms with Crippen molar-refractivity contribution < 1.29 is 9.53 Å². The maximum absolute atomic E-state index is 12.3. The zero-order chi connectivity index (χ0) is 19.7. The fourth-order valence-corrected chi connectivity index (χ4v) is 3.34. The Kier molecular flexibility index (Phi) is 4.62. The van der Waals surface area contributed by atoms with Crippen molar-refractivity contribution >= 4 is 22.9 Å². The maximum atomic E-state index is 12.3. The molecule has 1 amide bonds. The van der Waals surface area contributed by atoms with Crippen molar-refractivity contribution in [1.29, 1.82) is 0 Å². The van der Waals surface area contributed by atoms with Gasteiger partial charge in [0.25, 0.3) is 0 Å². The lowest BCUT2D eigenvalue weighted by molar-refractivity contribution is 0.0240. The number of ether oxygens (including phenoxy) is 1. The molecule has 0 atom stereocenters. The van der Waals surface area contributed by atoms with E-state index in [2.05, 4.69) is 24.8 Å². The summed E-state index contributed by atoms with van der Waals surface area (Å²) in [7, 11) is 0. The smallest absolute Gasteiger partial charge is 0.410 e. The van der Waals surface area contributed by atoms with Crippen LogP contribution in [0.5, 0.6) is 0 Å². The number of aromatic nitrogens is 4. The second kappa shape index (κ2) is 7.10. The summed E-state index contributed by atoms with van der Waals surface area (Å²) >= 11 is 0. The second-order valence-corrected chi connectivity index (χ2v) is 7.79. The molecule has 4 rings (SSSR count). The van der Waals surface area contributed by atoms with Crippen molar-refractivity contribution in [3.8, 4) is 11.3 Å². The van der Waals surface area contributed by atoms with Gasteiger partial charge in [0.15, 0.2) is 0 Å². The van der Waals surface area contributed by atoms with Gasteiger partial charge in [0.2, 0.25) is 0 Å². The first kappa shape index (κ1) is 18.2. The average molecular weight is 380 g/mol. The molecule has 146 valence electrons. The number of amides is 1. The van der Waals surface area contributed by atoms with Crippen molar-refractivity contribution in [2.75, 3.05) is 31.1 Å². The monoisotopic (exact) mass is 380 g/mol. The molecule has 0 radical (unpaired) electrons. The molecule has 28 heavy (non-hydrogen) atoms. The van der Waals surface area contributed by atoms with E-state index < -0.39 is 5.60 Å². The normalized spacial score (nSPS) is 15.1. The molecule has 0 aromatic carbocycles. The third kappa shape index (κ3) is 3.62. The van der Waals surface area contributed by atoms with Gasteiger partial charge in [-0.15, -0.1) is 0 Å². The Bertz CT molecular complexity index is 971. The van der Waals surface area contributed by atoms with Crippen molar-refractivity contribution in [2.24, 2.45) is 0 Å². The number of fused-ring (bicyclic) bond motifs is 1. The molecule has 3 aromatic rings. The van der Waals surface area contributed by atoms with Gasteiger partial charge in [0, 0.05) is 44.1 Å². The molecule has 1 fully saturated rings. The Morgan fingerprint density at radius 1 is 1.11 bits per heavy atom. The van der Waals surface area contributed by atoms with Gasteiger partial charge in [-0.1, -0.05) is 6.07 Å². The molecule has 8 nitrogen and oxygen atoms in total. The molecule has 1 aliphatic rings. The molecule has 8 heteroatoms. The SMILES string of the molecule is CC(C)(C)OC(=O)N1CCN(c2ncnc3[nH]cc(-c4ccccn4)c23)CC1. The number of hydrogen-bond donors (Lipinski definition) is 1. The third-order valence-electron chi connectivity index (χ3n) is 4.62. The predicted molar refractivity (Wildman–Crippen MR) is 107 cm³/mol. The Hall–Kier alpha value is -3.16. The third-order valence-corrected chi connectivity index (χ3v) is 4.62. The number of piperazine rings is 1. The number of carbonyl (C=O) groups excluding carboxylic acids is 1. The maximum Gasteiger partial charge on any atom is 0.410 e. The lowest BCUT2D eigenvalue weighted by Gasteiger charge is -2.36. The van der Waals surface area contributed by atoms with Crippen LogP contribution in [0.25, 0.3) is 22.3 Å². The number of anilines is 1. The van der Waals surface area contributed by atoms with Crippen LogP contribution in [0, 0.1) is 0 Å². The quantitative estimate of drug-likeness (QED) is 0.735. The minimum atomic E-state index is -0.490. The molecule has 1 saturated heterocycles. The summed E-state index contributed by atoms with van der Waals surface area (Å²) in [5.74, 6) is 0.857. The molecular formula is C20H24N6O2. The first-order chi connectivity index (χ1) is 13.4. The highest BCUT2D eigenvalue weighted by Crippen LogP contribution is 2.33. The number of aromatic amines is 1. The van der Waals surface area contributed by atoms with Gasteiger partial charge in [0.05, 0.1) is 11.1 Å². The Morgan fingerprint density at radius 2 is 1.89 bits per heavy atom. The lowest BCUT2D eigenvalue weighted by Crippen LogP contribution is -2.50. The summed E-state index contributed by atoms with van der Waals surface area (Å²) in [4.78, 5) is 32.8. The standard InChI is InChI=1S/C20H24N6O2/c1-20(2,3)28-19(27)26-10-8-25(9-11-26)18-16-14(15-6-4-5-7-21-15)12-22-17(16)23-13-24-18/h4-7,12-13H,8-11H2,1-3H3,(H,22,23,24). The van der Waals surface area contributed by atoms with Crippen molar-refractivity contribution in [1.82, 2.24) is 24.8 Å². The fraction of sp³-hybridized carbons (Fsp3) is 0.400. The van der Waals surface area contributed by atoms with Crippen molar-refractivity contribution in [3.05, 3.63) is 36.9 Å². The minimum absolute atomic E-state index is 0.268. The van der Waals surface area contributed by atoms with Crippen LogP contribution in [-0.4, -0.2) is 62.7 Å². The Morgan fingerprint density at radius 3 is 2.57 bits per heavy atom. The van der Waals surface area contributed by atoms with Gasteiger partial charge in [-0.25, -0.2) is 14.8 Å².